The van der Waals surface area contributed by atoms with Gasteiger partial charge in [-0.15, -0.1) is 0 Å². The lowest BCUT2D eigenvalue weighted by molar-refractivity contribution is 0.452. The summed E-state index contributed by atoms with van der Waals surface area (Å²) in [7, 11) is 0. The third kappa shape index (κ3) is 2.01. The molecule has 0 saturated heterocycles. The lowest BCUT2D eigenvalue weighted by Crippen LogP contribution is -2.11. The predicted octanol–water partition coefficient (Wildman–Crippen LogP) is 2.40. The summed E-state index contributed by atoms with van der Waals surface area (Å²) < 4.78 is 5.13. The normalized spacial score (nSPS) is 10.5. The first-order valence-corrected chi connectivity index (χ1v) is 5.68. The number of hydrogen-bond acceptors (Lipinski definition) is 4. The average molecular weight is 254 g/mol. The number of aromatic amines is 1. The Morgan fingerprint density at radius 1 is 1.11 bits per heavy atom. The molecular formula is C14H10N2O3. The fourth-order valence-electron chi connectivity index (χ4n) is 1.86. The van der Waals surface area contributed by atoms with E-state index in [1.165, 1.54) is 6.26 Å². The van der Waals surface area contributed by atoms with Crippen LogP contribution in [-0.2, 0) is 0 Å². The summed E-state index contributed by atoms with van der Waals surface area (Å²) in [6.07, 6.45) is 1.47. The van der Waals surface area contributed by atoms with Crippen LogP contribution in [-0.4, -0.2) is 15.1 Å². The van der Waals surface area contributed by atoms with Gasteiger partial charge < -0.3 is 14.5 Å². The van der Waals surface area contributed by atoms with Crippen molar-refractivity contribution in [2.75, 3.05) is 0 Å². The number of furan rings is 1. The third-order valence-electron chi connectivity index (χ3n) is 2.72. The van der Waals surface area contributed by atoms with Crippen LogP contribution in [0.15, 0.2) is 57.9 Å². The molecule has 5 heteroatoms. The molecule has 3 aromatic rings. The van der Waals surface area contributed by atoms with Crippen molar-refractivity contribution < 1.29 is 9.52 Å². The maximum absolute atomic E-state index is 12.1. The van der Waals surface area contributed by atoms with Crippen molar-refractivity contribution in [1.82, 2.24) is 9.97 Å². The van der Waals surface area contributed by atoms with Crippen molar-refractivity contribution in [2.45, 2.75) is 0 Å². The largest absolute Gasteiger partial charge is 0.493 e. The van der Waals surface area contributed by atoms with Crippen molar-refractivity contribution in [3.8, 4) is 28.6 Å². The molecule has 0 atom stereocenters. The molecule has 0 bridgehead atoms. The highest BCUT2D eigenvalue weighted by molar-refractivity contribution is 5.68. The fourth-order valence-corrected chi connectivity index (χ4v) is 1.86. The van der Waals surface area contributed by atoms with Gasteiger partial charge in [-0.3, -0.25) is 4.79 Å². The molecular weight excluding hydrogens is 244 g/mol. The number of nitrogens with zero attached hydrogens (tertiary/aromatic N) is 1. The summed E-state index contributed by atoms with van der Waals surface area (Å²) in [5.41, 5.74) is 0.348. The van der Waals surface area contributed by atoms with Crippen LogP contribution in [0.3, 0.4) is 0 Å². The third-order valence-corrected chi connectivity index (χ3v) is 2.72. The number of nitrogens with one attached hydrogen (secondary N) is 1. The van der Waals surface area contributed by atoms with Crippen LogP contribution in [0.25, 0.3) is 22.7 Å². The van der Waals surface area contributed by atoms with Gasteiger partial charge in [0.25, 0.3) is 5.56 Å². The zero-order valence-corrected chi connectivity index (χ0v) is 9.83. The van der Waals surface area contributed by atoms with Gasteiger partial charge in [0.2, 0.25) is 5.88 Å². The van der Waals surface area contributed by atoms with E-state index in [-0.39, 0.29) is 17.3 Å². The first kappa shape index (κ1) is 11.3. The second kappa shape index (κ2) is 4.45. The van der Waals surface area contributed by atoms with Gasteiger partial charge in [0, 0.05) is 0 Å². The van der Waals surface area contributed by atoms with Crippen molar-refractivity contribution in [1.29, 1.82) is 0 Å². The minimum Gasteiger partial charge on any atom is -0.493 e. The van der Waals surface area contributed by atoms with E-state index >= 15 is 0 Å². The number of hydrogen-bond donors (Lipinski definition) is 2. The Morgan fingerprint density at radius 3 is 2.53 bits per heavy atom. The summed E-state index contributed by atoms with van der Waals surface area (Å²) >= 11 is 0. The van der Waals surface area contributed by atoms with Crippen molar-refractivity contribution in [3.05, 3.63) is 59.1 Å². The van der Waals surface area contributed by atoms with Gasteiger partial charge in [-0.2, -0.15) is 4.98 Å². The zero-order valence-electron chi connectivity index (χ0n) is 9.83. The monoisotopic (exact) mass is 254 g/mol. The minimum atomic E-state index is -0.412. The molecule has 1 aromatic carbocycles. The first-order chi connectivity index (χ1) is 9.25. The van der Waals surface area contributed by atoms with E-state index < -0.39 is 5.56 Å². The molecule has 0 aliphatic rings. The molecule has 0 aliphatic carbocycles. The Kier molecular flexibility index (Phi) is 2.64. The van der Waals surface area contributed by atoms with Crippen LogP contribution >= 0.6 is 0 Å². The van der Waals surface area contributed by atoms with E-state index in [2.05, 4.69) is 9.97 Å². The highest BCUT2D eigenvalue weighted by atomic mass is 16.3. The van der Waals surface area contributed by atoms with Crippen LogP contribution < -0.4 is 5.56 Å². The molecule has 5 nitrogen and oxygen atoms in total. The summed E-state index contributed by atoms with van der Waals surface area (Å²) in [5, 5.41) is 9.95. The highest BCUT2D eigenvalue weighted by Crippen LogP contribution is 2.25. The molecule has 2 N–H and O–H groups in total. The Labute approximate surface area is 108 Å². The second-order valence-corrected chi connectivity index (χ2v) is 3.96. The van der Waals surface area contributed by atoms with E-state index in [4.69, 9.17) is 4.42 Å². The van der Waals surface area contributed by atoms with Gasteiger partial charge >= 0.3 is 0 Å². The number of aromatic nitrogens is 2. The van der Waals surface area contributed by atoms with Gasteiger partial charge in [0.15, 0.2) is 11.6 Å². The molecule has 2 heterocycles. The SMILES string of the molecule is O=c1[nH]c(-c2ccco2)nc(O)c1-c1ccccc1. The Morgan fingerprint density at radius 2 is 1.89 bits per heavy atom. The number of rotatable bonds is 2. The molecule has 0 amide bonds. The fraction of sp³-hybridized carbons (Fsp3) is 0. The van der Waals surface area contributed by atoms with Crippen LogP contribution in [0, 0.1) is 0 Å². The summed E-state index contributed by atoms with van der Waals surface area (Å²) in [6.45, 7) is 0. The average Bonchev–Trinajstić information content (AvgIpc) is 2.93. The molecule has 0 radical (unpaired) electrons. The molecule has 0 saturated carbocycles. The maximum atomic E-state index is 12.1. The van der Waals surface area contributed by atoms with Crippen LogP contribution in [0.1, 0.15) is 0 Å². The summed E-state index contributed by atoms with van der Waals surface area (Å²) in [4.78, 5) is 18.6. The van der Waals surface area contributed by atoms with Crippen LogP contribution in [0.5, 0.6) is 5.88 Å². The molecule has 94 valence electrons. The van der Waals surface area contributed by atoms with Gasteiger partial charge in [-0.05, 0) is 17.7 Å². The van der Waals surface area contributed by atoms with Crippen LogP contribution in [0.4, 0.5) is 0 Å². The number of aromatic hydroxyl groups is 1. The molecule has 19 heavy (non-hydrogen) atoms. The Balaban J connectivity index is 2.17. The minimum absolute atomic E-state index is 0.149. The van der Waals surface area contributed by atoms with Gasteiger partial charge in [-0.1, -0.05) is 30.3 Å². The quantitative estimate of drug-likeness (QED) is 0.736. The molecule has 0 unspecified atom stereocenters. The Bertz CT molecular complexity index is 746. The van der Waals surface area contributed by atoms with Gasteiger partial charge in [0.1, 0.15) is 5.56 Å². The van der Waals surface area contributed by atoms with Crippen LogP contribution in [0.2, 0.25) is 0 Å². The second-order valence-electron chi connectivity index (χ2n) is 3.96. The van der Waals surface area contributed by atoms with E-state index in [1.54, 1.807) is 36.4 Å². The number of H-pyrrole nitrogens is 1. The topological polar surface area (TPSA) is 79.1 Å². The van der Waals surface area contributed by atoms with E-state index in [0.29, 0.717) is 11.3 Å². The smallest absolute Gasteiger partial charge is 0.263 e. The standard InChI is InChI=1S/C14H10N2O3/c17-13-11(9-5-2-1-3-6-9)14(18)16-12(15-13)10-7-4-8-19-10/h1-8H,(H2,15,16,17,18). The van der Waals surface area contributed by atoms with E-state index in [1.807, 2.05) is 6.07 Å². The highest BCUT2D eigenvalue weighted by Gasteiger charge is 2.14. The zero-order chi connectivity index (χ0) is 13.2. The summed E-state index contributed by atoms with van der Waals surface area (Å²) in [5.74, 6) is 0.278. The molecule has 0 fully saturated rings. The van der Waals surface area contributed by atoms with Crippen molar-refractivity contribution in [3.63, 3.8) is 0 Å². The number of benzene rings is 1. The molecule has 2 aromatic heterocycles. The molecule has 0 aliphatic heterocycles. The molecule has 0 spiro atoms. The molecule has 3 rings (SSSR count). The van der Waals surface area contributed by atoms with E-state index in [9.17, 15) is 9.90 Å². The van der Waals surface area contributed by atoms with E-state index in [0.717, 1.165) is 0 Å². The van der Waals surface area contributed by atoms with Crippen molar-refractivity contribution >= 4 is 0 Å². The lowest BCUT2D eigenvalue weighted by Gasteiger charge is -2.04. The van der Waals surface area contributed by atoms with Gasteiger partial charge in [0.05, 0.1) is 6.26 Å². The maximum Gasteiger partial charge on any atom is 0.263 e. The lowest BCUT2D eigenvalue weighted by atomic mass is 10.1. The van der Waals surface area contributed by atoms with Gasteiger partial charge in [-0.25, -0.2) is 0 Å². The van der Waals surface area contributed by atoms with Crippen molar-refractivity contribution in [2.24, 2.45) is 0 Å². The summed E-state index contributed by atoms with van der Waals surface area (Å²) in [6, 6.07) is 12.2. The Hall–Kier alpha value is -2.82. The predicted molar refractivity (Wildman–Crippen MR) is 69.7 cm³/mol. The first-order valence-electron chi connectivity index (χ1n) is 5.68.